The minimum atomic E-state index is -1.64. The van der Waals surface area contributed by atoms with Gasteiger partial charge in [0, 0.05) is 0 Å². The van der Waals surface area contributed by atoms with Gasteiger partial charge in [-0.3, -0.25) is 0 Å². The number of hydrogen-bond acceptors (Lipinski definition) is 5. The molecule has 0 saturated carbocycles. The zero-order valence-corrected chi connectivity index (χ0v) is 5.21. The lowest BCUT2D eigenvalue weighted by atomic mass is 10.4. The van der Waals surface area contributed by atoms with Crippen LogP contribution in [0.5, 0.6) is 0 Å². The van der Waals surface area contributed by atoms with Gasteiger partial charge in [0.25, 0.3) is 0 Å². The van der Waals surface area contributed by atoms with Gasteiger partial charge in [-0.05, 0) is 0 Å². The Bertz CT molecular complexity index is 104. The van der Waals surface area contributed by atoms with E-state index in [-0.39, 0.29) is 6.29 Å². The van der Waals surface area contributed by atoms with Crippen molar-refractivity contribution in [2.24, 2.45) is 0 Å². The van der Waals surface area contributed by atoms with Crippen molar-refractivity contribution in [1.82, 2.24) is 0 Å². The molecule has 0 fully saturated rings. The Morgan fingerprint density at radius 1 is 1.30 bits per heavy atom. The third kappa shape index (κ3) is 2.40. The molecule has 0 bridgehead atoms. The summed E-state index contributed by atoms with van der Waals surface area (Å²) in [7, 11) is 0. The molecule has 0 radical (unpaired) electrons. The van der Waals surface area contributed by atoms with E-state index in [1.54, 1.807) is 0 Å². The summed E-state index contributed by atoms with van der Waals surface area (Å²) in [6, 6.07) is 0. The van der Waals surface area contributed by atoms with Crippen molar-refractivity contribution in [2.75, 3.05) is 6.61 Å². The molecule has 5 heteroatoms. The van der Waals surface area contributed by atoms with Crippen molar-refractivity contribution >= 4 is 6.29 Å². The van der Waals surface area contributed by atoms with E-state index in [0.717, 1.165) is 0 Å². The number of rotatable bonds is 4. The maximum atomic E-state index is 9.76. The second-order valence-corrected chi connectivity index (χ2v) is 1.87. The Labute approximate surface area is 57.5 Å². The summed E-state index contributed by atoms with van der Waals surface area (Å²) >= 11 is 0. The summed E-state index contributed by atoms with van der Waals surface area (Å²) in [6.07, 6.45) is -4.63. The third-order valence-corrected chi connectivity index (χ3v) is 1.07. The van der Waals surface area contributed by atoms with E-state index in [9.17, 15) is 4.79 Å². The summed E-state index contributed by atoms with van der Waals surface area (Å²) in [5.74, 6) is 0. The van der Waals surface area contributed by atoms with Gasteiger partial charge in [-0.25, -0.2) is 0 Å². The molecule has 4 N–H and O–H groups in total. The fraction of sp³-hybridized carbons (Fsp3) is 0.800. The monoisotopic (exact) mass is 152 g/mol. The van der Waals surface area contributed by atoms with Gasteiger partial charge in [0.15, 0.2) is 6.29 Å². The topological polar surface area (TPSA) is 98.0 Å². The van der Waals surface area contributed by atoms with Crippen LogP contribution in [0.4, 0.5) is 0 Å². The molecule has 0 heterocycles. The van der Waals surface area contributed by atoms with Crippen molar-refractivity contribution in [3.63, 3.8) is 0 Å². The summed E-state index contributed by atoms with van der Waals surface area (Å²) in [5, 5.41) is 34.1. The number of aldehydes is 1. The van der Waals surface area contributed by atoms with E-state index in [0.29, 0.717) is 0 Å². The molecule has 0 saturated heterocycles. The highest BCUT2D eigenvalue weighted by Crippen LogP contribution is 1.96. The van der Waals surface area contributed by atoms with Crippen molar-refractivity contribution in [3.05, 3.63) is 0 Å². The van der Waals surface area contributed by atoms with Crippen molar-refractivity contribution in [2.45, 2.75) is 18.3 Å². The lowest BCUT2D eigenvalue weighted by molar-refractivity contribution is -0.127. The first kappa shape index (κ1) is 9.51. The van der Waals surface area contributed by atoms with Gasteiger partial charge in [-0.1, -0.05) is 0 Å². The van der Waals surface area contributed by atoms with Gasteiger partial charge < -0.3 is 25.2 Å². The maximum absolute atomic E-state index is 9.76. The number of aliphatic hydroxyl groups is 4. The third-order valence-electron chi connectivity index (χ3n) is 1.07. The standard InChI is InChI=1S/C5H10O5/c6-1-3(8)5(10)4(9)2-7/h1,3-5,7-10H,2H2/t3-,4+,5-/m0/s1/i2+1,3+1. The van der Waals surface area contributed by atoms with Crippen LogP contribution in [0.1, 0.15) is 0 Å². The number of aliphatic hydroxyl groups excluding tert-OH is 4. The van der Waals surface area contributed by atoms with E-state index >= 15 is 0 Å². The molecule has 3 atom stereocenters. The van der Waals surface area contributed by atoms with Gasteiger partial charge in [-0.2, -0.15) is 0 Å². The van der Waals surface area contributed by atoms with Gasteiger partial charge in [0.2, 0.25) is 0 Å². The Morgan fingerprint density at radius 2 is 1.80 bits per heavy atom. The van der Waals surface area contributed by atoms with E-state index in [1.165, 1.54) is 0 Å². The maximum Gasteiger partial charge on any atom is 0.151 e. The molecule has 0 aliphatic heterocycles. The molecule has 0 aromatic heterocycles. The van der Waals surface area contributed by atoms with E-state index in [1.807, 2.05) is 0 Å². The molecule has 0 amide bonds. The van der Waals surface area contributed by atoms with Crippen molar-refractivity contribution in [3.8, 4) is 0 Å². The van der Waals surface area contributed by atoms with Crippen LogP contribution in [-0.4, -0.2) is 51.6 Å². The zero-order valence-electron chi connectivity index (χ0n) is 5.21. The van der Waals surface area contributed by atoms with Gasteiger partial charge in [0.1, 0.15) is 18.3 Å². The quantitative estimate of drug-likeness (QED) is 0.259. The predicted molar refractivity (Wildman–Crippen MR) is 31.2 cm³/mol. The van der Waals surface area contributed by atoms with E-state index < -0.39 is 24.9 Å². The highest BCUT2D eigenvalue weighted by atomic mass is 16.4. The van der Waals surface area contributed by atoms with Gasteiger partial charge in [0.05, 0.1) is 6.61 Å². The predicted octanol–water partition coefficient (Wildman–Crippen LogP) is -2.74. The van der Waals surface area contributed by atoms with Crippen molar-refractivity contribution < 1.29 is 25.2 Å². The molecule has 0 spiro atoms. The van der Waals surface area contributed by atoms with Crippen LogP contribution in [0, 0.1) is 0 Å². The molecule has 0 rings (SSSR count). The molecule has 0 unspecified atom stereocenters. The zero-order chi connectivity index (χ0) is 8.15. The first-order valence-corrected chi connectivity index (χ1v) is 2.73. The van der Waals surface area contributed by atoms with Crippen LogP contribution >= 0.6 is 0 Å². The SMILES string of the molecule is O=C[13C@H](O)[C@H](O)[C@H](O)[13CH2]O. The molecule has 10 heavy (non-hydrogen) atoms. The normalized spacial score (nSPS) is 19.6. The molecule has 0 aliphatic rings. The summed E-state index contributed by atoms with van der Waals surface area (Å²) < 4.78 is 0. The minimum Gasteiger partial charge on any atom is -0.394 e. The highest BCUT2D eigenvalue weighted by Gasteiger charge is 2.22. The molecule has 60 valence electrons. The molecule has 5 nitrogen and oxygen atoms in total. The average Bonchev–Trinajstić information content (AvgIpc) is 2.00. The van der Waals surface area contributed by atoms with E-state index in [2.05, 4.69) is 0 Å². The largest absolute Gasteiger partial charge is 0.394 e. The fourth-order valence-corrected chi connectivity index (χ4v) is 0.416. The van der Waals surface area contributed by atoms with Crippen LogP contribution in [-0.2, 0) is 4.79 Å². The molecular weight excluding hydrogens is 142 g/mol. The average molecular weight is 152 g/mol. The second-order valence-electron chi connectivity index (χ2n) is 1.87. The van der Waals surface area contributed by atoms with E-state index in [4.69, 9.17) is 20.4 Å². The van der Waals surface area contributed by atoms with Crippen LogP contribution < -0.4 is 0 Å². The number of carbonyl (C=O) groups is 1. The fourth-order valence-electron chi connectivity index (χ4n) is 0.416. The Kier molecular flexibility index (Phi) is 4.13. The summed E-state index contributed by atoms with van der Waals surface area (Å²) in [4.78, 5) is 9.76. The summed E-state index contributed by atoms with van der Waals surface area (Å²) in [5.41, 5.74) is 0. The van der Waals surface area contributed by atoms with Crippen LogP contribution in [0.15, 0.2) is 0 Å². The molecular formula is C5H10O5. The van der Waals surface area contributed by atoms with Gasteiger partial charge in [-0.15, -0.1) is 0 Å². The number of hydrogen-bond donors (Lipinski definition) is 4. The summed E-state index contributed by atoms with van der Waals surface area (Å²) in [6.45, 7) is -0.688. The first-order valence-electron chi connectivity index (χ1n) is 2.73. The minimum absolute atomic E-state index is 0.0869. The lowest BCUT2D eigenvalue weighted by Crippen LogP contribution is -2.40. The van der Waals surface area contributed by atoms with Crippen LogP contribution in [0.3, 0.4) is 0 Å². The van der Waals surface area contributed by atoms with Gasteiger partial charge >= 0.3 is 0 Å². The molecule has 0 aromatic rings. The Hall–Kier alpha value is -0.490. The highest BCUT2D eigenvalue weighted by molar-refractivity contribution is 5.56. The molecule has 0 aliphatic carbocycles. The number of carbonyl (C=O) groups excluding carboxylic acids is 1. The molecule has 0 aromatic carbocycles. The lowest BCUT2D eigenvalue weighted by Gasteiger charge is -2.16. The first-order chi connectivity index (χ1) is 4.63. The smallest absolute Gasteiger partial charge is 0.151 e. The second kappa shape index (κ2) is 4.35. The Morgan fingerprint density at radius 3 is 2.10 bits per heavy atom. The van der Waals surface area contributed by atoms with Crippen molar-refractivity contribution in [1.29, 1.82) is 0 Å². The van der Waals surface area contributed by atoms with Crippen LogP contribution in [0.2, 0.25) is 0 Å². The van der Waals surface area contributed by atoms with Crippen LogP contribution in [0.25, 0.3) is 0 Å². The Balaban J connectivity index is 3.80.